The maximum absolute atomic E-state index is 5.40. The summed E-state index contributed by atoms with van der Waals surface area (Å²) in [4.78, 5) is 9.31. The van der Waals surface area contributed by atoms with Gasteiger partial charge in [-0.05, 0) is 25.1 Å². The maximum atomic E-state index is 5.40. The van der Waals surface area contributed by atoms with E-state index in [1.54, 1.807) is 20.4 Å². The van der Waals surface area contributed by atoms with Gasteiger partial charge in [0, 0.05) is 22.6 Å². The Labute approximate surface area is 175 Å². The fourth-order valence-electron chi connectivity index (χ4n) is 3.14. The Kier molecular flexibility index (Phi) is 5.57. The van der Waals surface area contributed by atoms with E-state index in [2.05, 4.69) is 46.7 Å². The molecule has 0 aliphatic heterocycles. The van der Waals surface area contributed by atoms with Crippen LogP contribution in [-0.4, -0.2) is 30.4 Å². The van der Waals surface area contributed by atoms with Crippen molar-refractivity contribution in [1.29, 1.82) is 0 Å². The van der Waals surface area contributed by atoms with Gasteiger partial charge in [-0.2, -0.15) is 5.10 Å². The van der Waals surface area contributed by atoms with E-state index >= 15 is 0 Å². The first-order chi connectivity index (χ1) is 14.7. The molecule has 0 aliphatic carbocycles. The largest absolute Gasteiger partial charge is 0.497 e. The second-order valence-electron chi connectivity index (χ2n) is 6.76. The lowest BCUT2D eigenvalue weighted by Gasteiger charge is -2.09. The van der Waals surface area contributed by atoms with Crippen molar-refractivity contribution in [2.45, 2.75) is 6.92 Å². The Morgan fingerprint density at radius 2 is 1.70 bits per heavy atom. The first kappa shape index (κ1) is 19.4. The van der Waals surface area contributed by atoms with Crippen LogP contribution in [0.3, 0.4) is 0 Å². The van der Waals surface area contributed by atoms with Crippen LogP contribution in [0.5, 0.6) is 11.5 Å². The van der Waals surface area contributed by atoms with Crippen LogP contribution in [0.1, 0.15) is 11.1 Å². The predicted octanol–water partition coefficient (Wildman–Crippen LogP) is 5.07. The van der Waals surface area contributed by atoms with Crippen LogP contribution < -0.4 is 14.9 Å². The third kappa shape index (κ3) is 4.07. The highest BCUT2D eigenvalue weighted by atomic mass is 16.5. The highest BCUT2D eigenvalue weighted by Crippen LogP contribution is 2.27. The summed E-state index contributed by atoms with van der Waals surface area (Å²) in [6, 6.07) is 21.8. The minimum atomic E-state index is 0.424. The van der Waals surface area contributed by atoms with Crippen LogP contribution >= 0.6 is 0 Å². The Balaban J connectivity index is 1.67. The Morgan fingerprint density at radius 1 is 0.900 bits per heavy atom. The monoisotopic (exact) mass is 398 g/mol. The van der Waals surface area contributed by atoms with Crippen molar-refractivity contribution in [1.82, 2.24) is 9.97 Å². The SMILES string of the molecule is COc1ccc(/C=N/Nc2nc(-c3ccc(C)cc3)c3ccccc3n2)c(OC)c1. The third-order valence-electron chi connectivity index (χ3n) is 4.74. The fourth-order valence-corrected chi connectivity index (χ4v) is 3.14. The molecule has 0 bridgehead atoms. The van der Waals surface area contributed by atoms with Crippen LogP contribution in [0.25, 0.3) is 22.2 Å². The number of benzene rings is 3. The van der Waals surface area contributed by atoms with Crippen molar-refractivity contribution in [2.75, 3.05) is 19.6 Å². The number of aromatic nitrogens is 2. The molecule has 6 nitrogen and oxygen atoms in total. The number of anilines is 1. The molecule has 0 spiro atoms. The van der Waals surface area contributed by atoms with E-state index in [-0.39, 0.29) is 0 Å². The van der Waals surface area contributed by atoms with Gasteiger partial charge in [0.1, 0.15) is 11.5 Å². The number of hydrogen-bond acceptors (Lipinski definition) is 6. The zero-order chi connectivity index (χ0) is 20.9. The normalized spacial score (nSPS) is 11.0. The molecule has 0 radical (unpaired) electrons. The molecule has 0 aliphatic rings. The van der Waals surface area contributed by atoms with Crippen LogP contribution in [-0.2, 0) is 0 Å². The van der Waals surface area contributed by atoms with Crippen molar-refractivity contribution in [2.24, 2.45) is 5.10 Å². The van der Waals surface area contributed by atoms with Gasteiger partial charge in [0.2, 0.25) is 5.95 Å². The molecule has 30 heavy (non-hydrogen) atoms. The summed E-state index contributed by atoms with van der Waals surface area (Å²) in [5.74, 6) is 1.81. The topological polar surface area (TPSA) is 68.6 Å². The van der Waals surface area contributed by atoms with E-state index in [1.807, 2.05) is 42.5 Å². The molecule has 0 saturated heterocycles. The van der Waals surface area contributed by atoms with E-state index in [9.17, 15) is 0 Å². The zero-order valence-electron chi connectivity index (χ0n) is 17.1. The number of aryl methyl sites for hydroxylation is 1. The number of para-hydroxylation sites is 1. The van der Waals surface area contributed by atoms with Crippen molar-refractivity contribution in [3.8, 4) is 22.8 Å². The lowest BCUT2D eigenvalue weighted by molar-refractivity contribution is 0.394. The lowest BCUT2D eigenvalue weighted by Crippen LogP contribution is -2.00. The number of rotatable bonds is 6. The predicted molar refractivity (Wildman–Crippen MR) is 120 cm³/mol. The second kappa shape index (κ2) is 8.61. The van der Waals surface area contributed by atoms with Gasteiger partial charge < -0.3 is 9.47 Å². The van der Waals surface area contributed by atoms with Crippen molar-refractivity contribution in [3.63, 3.8) is 0 Å². The molecule has 0 unspecified atom stereocenters. The summed E-state index contributed by atoms with van der Waals surface area (Å²) in [7, 11) is 3.23. The molecule has 0 fully saturated rings. The molecule has 0 saturated carbocycles. The molecular formula is C24H22N4O2. The van der Waals surface area contributed by atoms with Gasteiger partial charge in [-0.25, -0.2) is 15.4 Å². The molecule has 3 aromatic carbocycles. The van der Waals surface area contributed by atoms with Crippen molar-refractivity contribution < 1.29 is 9.47 Å². The first-order valence-corrected chi connectivity index (χ1v) is 9.53. The van der Waals surface area contributed by atoms with Crippen LogP contribution in [0, 0.1) is 6.92 Å². The van der Waals surface area contributed by atoms with E-state index < -0.39 is 0 Å². The third-order valence-corrected chi connectivity index (χ3v) is 4.74. The lowest BCUT2D eigenvalue weighted by atomic mass is 10.1. The molecule has 1 aromatic heterocycles. The Morgan fingerprint density at radius 3 is 2.47 bits per heavy atom. The molecule has 0 amide bonds. The highest BCUT2D eigenvalue weighted by molar-refractivity contribution is 5.93. The van der Waals surface area contributed by atoms with Gasteiger partial charge >= 0.3 is 0 Å². The summed E-state index contributed by atoms with van der Waals surface area (Å²) >= 11 is 0. The number of hydrogen-bond donors (Lipinski definition) is 1. The standard InChI is InChI=1S/C24H22N4O2/c1-16-8-10-17(11-9-16)23-20-6-4-5-7-21(20)26-24(27-23)28-25-15-18-12-13-19(29-2)14-22(18)30-3/h4-15H,1-3H3,(H,26,27,28)/b25-15+. The average Bonchev–Trinajstić information content (AvgIpc) is 2.79. The average molecular weight is 398 g/mol. The van der Waals surface area contributed by atoms with Gasteiger partial charge in [0.25, 0.3) is 0 Å². The molecular weight excluding hydrogens is 376 g/mol. The van der Waals surface area contributed by atoms with Gasteiger partial charge in [-0.15, -0.1) is 0 Å². The van der Waals surface area contributed by atoms with Crippen molar-refractivity contribution in [3.05, 3.63) is 77.9 Å². The molecule has 150 valence electrons. The van der Waals surface area contributed by atoms with Crippen LogP contribution in [0.15, 0.2) is 71.8 Å². The van der Waals surface area contributed by atoms with Crippen LogP contribution in [0.4, 0.5) is 5.95 Å². The first-order valence-electron chi connectivity index (χ1n) is 9.53. The van der Waals surface area contributed by atoms with E-state index in [4.69, 9.17) is 14.5 Å². The van der Waals surface area contributed by atoms with Crippen LogP contribution in [0.2, 0.25) is 0 Å². The Bertz CT molecular complexity index is 1200. The summed E-state index contributed by atoms with van der Waals surface area (Å²) in [5, 5.41) is 5.30. The quantitative estimate of drug-likeness (QED) is 0.363. The second-order valence-corrected chi connectivity index (χ2v) is 6.76. The molecule has 4 aromatic rings. The number of fused-ring (bicyclic) bond motifs is 1. The molecule has 1 heterocycles. The summed E-state index contributed by atoms with van der Waals surface area (Å²) < 4.78 is 10.6. The number of nitrogens with zero attached hydrogens (tertiary/aromatic N) is 3. The number of methoxy groups -OCH3 is 2. The number of nitrogens with one attached hydrogen (secondary N) is 1. The molecule has 6 heteroatoms. The van der Waals surface area contributed by atoms with Crippen molar-refractivity contribution >= 4 is 23.1 Å². The highest BCUT2D eigenvalue weighted by Gasteiger charge is 2.09. The number of hydrazone groups is 1. The summed E-state index contributed by atoms with van der Waals surface area (Å²) in [6.07, 6.45) is 1.67. The molecule has 0 atom stereocenters. The summed E-state index contributed by atoms with van der Waals surface area (Å²) in [6.45, 7) is 2.07. The van der Waals surface area contributed by atoms with E-state index in [0.717, 1.165) is 33.5 Å². The Hall–Kier alpha value is -3.93. The van der Waals surface area contributed by atoms with E-state index in [0.29, 0.717) is 11.7 Å². The van der Waals surface area contributed by atoms with E-state index in [1.165, 1.54) is 5.56 Å². The molecule has 1 N–H and O–H groups in total. The minimum absolute atomic E-state index is 0.424. The maximum Gasteiger partial charge on any atom is 0.244 e. The zero-order valence-corrected chi connectivity index (χ0v) is 17.1. The van der Waals surface area contributed by atoms with Gasteiger partial charge in [0.15, 0.2) is 0 Å². The fraction of sp³-hybridized carbons (Fsp3) is 0.125. The van der Waals surface area contributed by atoms with Gasteiger partial charge in [0.05, 0.1) is 31.6 Å². The number of ether oxygens (including phenoxy) is 2. The molecule has 4 rings (SSSR count). The van der Waals surface area contributed by atoms with Gasteiger partial charge in [-0.3, -0.25) is 0 Å². The van der Waals surface area contributed by atoms with Gasteiger partial charge in [-0.1, -0.05) is 48.0 Å². The minimum Gasteiger partial charge on any atom is -0.497 e. The smallest absolute Gasteiger partial charge is 0.244 e. The summed E-state index contributed by atoms with van der Waals surface area (Å²) in [5.41, 5.74) is 7.70.